The first kappa shape index (κ1) is 49.8. The number of rotatable bonds is 15. The van der Waals surface area contributed by atoms with Crippen molar-refractivity contribution in [3.05, 3.63) is 77.5 Å². The molecule has 4 saturated heterocycles. The van der Waals surface area contributed by atoms with Crippen molar-refractivity contribution >= 4 is 46.9 Å². The topological polar surface area (TPSA) is 202 Å². The maximum absolute atomic E-state index is 15.5. The summed E-state index contributed by atoms with van der Waals surface area (Å²) in [5.41, 5.74) is 1.60. The number of hydrogen-bond acceptors (Lipinski definition) is 15. The van der Waals surface area contributed by atoms with Crippen LogP contribution in [0, 0.1) is 11.7 Å². The van der Waals surface area contributed by atoms with Crippen LogP contribution in [0.15, 0.2) is 55.0 Å². The van der Waals surface area contributed by atoms with E-state index in [0.29, 0.717) is 64.1 Å². The molecule has 5 amide bonds. The normalized spacial score (nSPS) is 23.0. The minimum absolute atomic E-state index is 0.000561. The molecule has 0 radical (unpaired) electrons. The van der Waals surface area contributed by atoms with Gasteiger partial charge in [-0.1, -0.05) is 19.1 Å². The minimum Gasteiger partial charge on any atom is -0.469 e. The summed E-state index contributed by atoms with van der Waals surface area (Å²) in [4.78, 5) is 88.3. The maximum Gasteiger partial charge on any atom is 0.423 e. The van der Waals surface area contributed by atoms with Gasteiger partial charge in [0.15, 0.2) is 0 Å². The summed E-state index contributed by atoms with van der Waals surface area (Å²) in [5.74, 6) is -3.29. The van der Waals surface area contributed by atoms with E-state index in [9.17, 15) is 37.1 Å². The van der Waals surface area contributed by atoms with Crippen LogP contribution in [-0.2, 0) is 25.3 Å². The fourth-order valence-electron chi connectivity index (χ4n) is 10.7. The van der Waals surface area contributed by atoms with Crippen molar-refractivity contribution in [2.24, 2.45) is 5.92 Å². The Morgan fingerprint density at radius 3 is 2.22 bits per heavy atom. The van der Waals surface area contributed by atoms with Gasteiger partial charge >= 0.3 is 12.2 Å². The third-order valence-electron chi connectivity index (χ3n) is 14.7. The zero-order valence-corrected chi connectivity index (χ0v) is 40.2. The van der Waals surface area contributed by atoms with Gasteiger partial charge < -0.3 is 29.3 Å². The Labute approximate surface area is 418 Å². The third-order valence-corrected chi connectivity index (χ3v) is 14.7. The molecule has 5 aliphatic heterocycles. The minimum atomic E-state index is -4.67. The lowest BCUT2D eigenvalue weighted by atomic mass is 9.89. The molecule has 18 nitrogen and oxygen atoms in total. The van der Waals surface area contributed by atoms with Gasteiger partial charge in [-0.15, -0.1) is 0 Å². The highest BCUT2D eigenvalue weighted by Gasteiger charge is 2.46. The maximum atomic E-state index is 15.5. The summed E-state index contributed by atoms with van der Waals surface area (Å²) in [5, 5.41) is 5.36. The number of likely N-dealkylation sites (tertiary alicyclic amines) is 1. The summed E-state index contributed by atoms with van der Waals surface area (Å²) >= 11 is 0. The predicted octanol–water partition coefficient (Wildman–Crippen LogP) is 6.20. The van der Waals surface area contributed by atoms with Crippen LogP contribution in [0.2, 0.25) is 0 Å². The zero-order chi connectivity index (χ0) is 51.0. The number of alkyl halides is 3. The number of nitrogens with zero attached hydrogens (tertiary/aromatic N) is 8. The quantitative estimate of drug-likeness (QED) is 0.101. The number of carbonyl (C=O) groups is 5. The van der Waals surface area contributed by atoms with Crippen LogP contribution in [-0.4, -0.2) is 136 Å². The predicted molar refractivity (Wildman–Crippen MR) is 255 cm³/mol. The molecule has 1 aliphatic carbocycles. The van der Waals surface area contributed by atoms with Gasteiger partial charge in [-0.25, -0.2) is 19.3 Å². The number of anilines is 3. The fraction of sp³-hybridized carbons (Fsp3) is 0.510. The standard InChI is InChI=1S/C51H56F4N10O8/c1-2-3-44(67)64(34-10-6-32(7-11-34)59-49-56-24-39(51(53,54)55)46(61-49)72-36-27-71-28-36)33-8-4-30(5-9-33)31-22-57-50(58-23-31)73-35-16-17-62(26-35)25-29-14-18-63(19-15-29)42-21-38-37(20-40(42)52)47(69)65(48(38)70)41-12-13-43(66)60-45(41)68/h4-5,8-9,20-24,29,32,34-36,41H,2-3,6-7,10-19,25-28H2,1H3,(H,56,59,61)(H,60,66,68)/t32?,34?,35-,41-/m1/s1. The average Bonchev–Trinajstić information content (AvgIpc) is 3.89. The molecule has 22 heteroatoms. The molecular weight excluding hydrogens is 957 g/mol. The lowest BCUT2D eigenvalue weighted by Crippen LogP contribution is -2.54. The average molecular weight is 1010 g/mol. The lowest BCUT2D eigenvalue weighted by Gasteiger charge is -2.37. The molecule has 4 aromatic rings. The van der Waals surface area contributed by atoms with Crippen LogP contribution in [0.25, 0.3) is 11.1 Å². The first-order chi connectivity index (χ1) is 35.2. The Hall–Kier alpha value is -6.81. The molecule has 0 spiro atoms. The van der Waals surface area contributed by atoms with Crippen LogP contribution in [0.4, 0.5) is 34.9 Å². The first-order valence-corrected chi connectivity index (χ1v) is 25.1. The summed E-state index contributed by atoms with van der Waals surface area (Å²) < 4.78 is 73.3. The number of amides is 5. The summed E-state index contributed by atoms with van der Waals surface area (Å²) in [6, 6.07) is 9.21. The molecule has 0 bridgehead atoms. The van der Waals surface area contributed by atoms with E-state index in [1.54, 1.807) is 12.4 Å². The molecule has 6 aliphatic rings. The molecule has 5 fully saturated rings. The monoisotopic (exact) mass is 1010 g/mol. The summed E-state index contributed by atoms with van der Waals surface area (Å²) in [6.45, 7) is 5.88. The second-order valence-corrected chi connectivity index (χ2v) is 19.7. The number of carbonyl (C=O) groups excluding carboxylic acids is 5. The van der Waals surface area contributed by atoms with Crippen molar-refractivity contribution in [1.82, 2.24) is 35.1 Å². The molecule has 10 rings (SSSR count). The highest BCUT2D eigenvalue weighted by molar-refractivity contribution is 6.23. The van der Waals surface area contributed by atoms with E-state index in [-0.39, 0.29) is 78.9 Å². The zero-order valence-electron chi connectivity index (χ0n) is 40.2. The van der Waals surface area contributed by atoms with Crippen molar-refractivity contribution in [2.45, 2.75) is 114 Å². The number of benzene rings is 2. The third kappa shape index (κ3) is 10.8. The molecular formula is C51H56F4N10O8. The van der Waals surface area contributed by atoms with Crippen molar-refractivity contribution in [3.8, 4) is 23.0 Å². The van der Waals surface area contributed by atoms with Crippen LogP contribution in [0.1, 0.15) is 104 Å². The van der Waals surface area contributed by atoms with Gasteiger partial charge in [0.1, 0.15) is 29.6 Å². The van der Waals surface area contributed by atoms with Gasteiger partial charge in [-0.3, -0.25) is 39.1 Å². The number of hydrogen-bond donors (Lipinski definition) is 2. The van der Waals surface area contributed by atoms with Gasteiger partial charge in [0.2, 0.25) is 29.5 Å². The molecule has 2 atom stereocenters. The van der Waals surface area contributed by atoms with Crippen molar-refractivity contribution in [3.63, 3.8) is 0 Å². The highest BCUT2D eigenvalue weighted by Crippen LogP contribution is 2.38. The second-order valence-electron chi connectivity index (χ2n) is 19.7. The summed E-state index contributed by atoms with van der Waals surface area (Å²) in [6.07, 6.45) is 5.04. The Balaban J connectivity index is 0.690. The van der Waals surface area contributed by atoms with Gasteiger partial charge in [0, 0.05) is 87.5 Å². The van der Waals surface area contributed by atoms with Gasteiger partial charge in [0.25, 0.3) is 11.8 Å². The number of ether oxygens (including phenoxy) is 3. The Bertz CT molecular complexity index is 2730. The smallest absolute Gasteiger partial charge is 0.423 e. The molecule has 2 N–H and O–H groups in total. The highest BCUT2D eigenvalue weighted by atomic mass is 19.4. The Morgan fingerprint density at radius 1 is 0.849 bits per heavy atom. The van der Waals surface area contributed by atoms with E-state index in [1.807, 2.05) is 41.0 Å². The lowest BCUT2D eigenvalue weighted by molar-refractivity contribution is -0.143. The number of nitrogens with one attached hydrogen (secondary N) is 2. The van der Waals surface area contributed by atoms with E-state index in [1.165, 1.54) is 6.07 Å². The van der Waals surface area contributed by atoms with E-state index in [4.69, 9.17) is 14.2 Å². The van der Waals surface area contributed by atoms with Gasteiger partial charge in [-0.2, -0.15) is 18.2 Å². The van der Waals surface area contributed by atoms with E-state index in [2.05, 4.69) is 35.5 Å². The number of piperidine rings is 2. The molecule has 2 aromatic heterocycles. The van der Waals surface area contributed by atoms with Crippen molar-refractivity contribution in [2.75, 3.05) is 61.1 Å². The van der Waals surface area contributed by atoms with Gasteiger partial charge in [0.05, 0.1) is 30.0 Å². The Morgan fingerprint density at radius 2 is 1.56 bits per heavy atom. The fourth-order valence-corrected chi connectivity index (χ4v) is 10.7. The van der Waals surface area contributed by atoms with E-state index in [0.717, 1.165) is 66.3 Å². The van der Waals surface area contributed by atoms with E-state index < -0.39 is 59.2 Å². The van der Waals surface area contributed by atoms with Crippen LogP contribution in [0.3, 0.4) is 0 Å². The molecule has 73 heavy (non-hydrogen) atoms. The van der Waals surface area contributed by atoms with Crippen molar-refractivity contribution < 1.29 is 55.7 Å². The van der Waals surface area contributed by atoms with Crippen LogP contribution in [0.5, 0.6) is 11.9 Å². The number of halogens is 4. The number of aromatic nitrogens is 4. The largest absolute Gasteiger partial charge is 0.469 e. The molecule has 386 valence electrons. The van der Waals surface area contributed by atoms with Crippen LogP contribution < -0.4 is 29.9 Å². The molecule has 2 aromatic carbocycles. The van der Waals surface area contributed by atoms with Gasteiger partial charge in [-0.05, 0) is 93.5 Å². The first-order valence-electron chi connectivity index (χ1n) is 25.1. The second kappa shape index (κ2) is 21.0. The molecule has 7 heterocycles. The SMILES string of the molecule is CCCC(=O)N(c1ccc(-c2cnc(O[C@@H]3CCN(CC4CCN(c5cc6c(cc5F)C(=O)N([C@@H]5CCC(=O)NC5=O)C6=O)CC4)C3)nc2)cc1)C1CCC(Nc2ncc(C(F)(F)F)c(OC3COC3)n2)CC1. The van der Waals surface area contributed by atoms with Crippen LogP contribution >= 0.6 is 0 Å². The number of fused-ring (bicyclic) bond motifs is 1. The van der Waals surface area contributed by atoms with Crippen molar-refractivity contribution in [1.29, 1.82) is 0 Å². The molecule has 0 unspecified atom stereocenters. The van der Waals surface area contributed by atoms with E-state index >= 15 is 4.39 Å². The summed E-state index contributed by atoms with van der Waals surface area (Å²) in [7, 11) is 0. The Kier molecular flexibility index (Phi) is 14.3. The number of imide groups is 2. The molecule has 1 saturated carbocycles.